The molecule has 1 amide bonds. The second-order valence-electron chi connectivity index (χ2n) is 8.66. The number of nitrogens with zero attached hydrogens (tertiary/aromatic N) is 5. The molecular formula is C23H29FN6O2S. The minimum Gasteiger partial charge on any atom is -0.379 e. The van der Waals surface area contributed by atoms with Crippen LogP contribution in [-0.4, -0.2) is 78.1 Å². The Balaban J connectivity index is 1.26. The van der Waals surface area contributed by atoms with Gasteiger partial charge in [0, 0.05) is 39.3 Å². The highest BCUT2D eigenvalue weighted by Crippen LogP contribution is 2.34. The van der Waals surface area contributed by atoms with E-state index >= 15 is 0 Å². The van der Waals surface area contributed by atoms with Crippen molar-refractivity contribution in [2.45, 2.75) is 19.8 Å². The van der Waals surface area contributed by atoms with Gasteiger partial charge in [0.05, 0.1) is 35.2 Å². The first-order chi connectivity index (χ1) is 16.1. The molecule has 4 heterocycles. The van der Waals surface area contributed by atoms with E-state index in [4.69, 9.17) is 9.72 Å². The van der Waals surface area contributed by atoms with Crippen molar-refractivity contribution in [2.24, 2.45) is 5.92 Å². The molecule has 0 bridgehead atoms. The first kappa shape index (κ1) is 22.2. The van der Waals surface area contributed by atoms with Crippen LogP contribution in [-0.2, 0) is 9.53 Å². The van der Waals surface area contributed by atoms with E-state index in [1.165, 1.54) is 12.1 Å². The summed E-state index contributed by atoms with van der Waals surface area (Å²) >= 11 is 1.59. The summed E-state index contributed by atoms with van der Waals surface area (Å²) in [4.78, 5) is 22.2. The predicted octanol–water partition coefficient (Wildman–Crippen LogP) is 2.59. The fourth-order valence-electron chi connectivity index (χ4n) is 4.52. The number of benzene rings is 1. The number of ether oxygens (including phenoxy) is 1. The highest BCUT2D eigenvalue weighted by molar-refractivity contribution is 7.22. The molecule has 2 aromatic heterocycles. The molecule has 2 saturated heterocycles. The fraction of sp³-hybridized carbons (Fsp3) is 0.522. The van der Waals surface area contributed by atoms with Crippen molar-refractivity contribution in [3.8, 4) is 5.69 Å². The number of rotatable bonds is 6. The highest BCUT2D eigenvalue weighted by Gasteiger charge is 2.28. The largest absolute Gasteiger partial charge is 0.379 e. The van der Waals surface area contributed by atoms with Gasteiger partial charge in [0.15, 0.2) is 10.8 Å². The number of hydrogen-bond acceptors (Lipinski definition) is 7. The van der Waals surface area contributed by atoms with Crippen LogP contribution in [0.2, 0.25) is 0 Å². The number of nitrogens with one attached hydrogen (secondary N) is 1. The molecule has 0 radical (unpaired) electrons. The van der Waals surface area contributed by atoms with Crippen LogP contribution in [0.1, 0.15) is 18.5 Å². The van der Waals surface area contributed by atoms with Gasteiger partial charge in [-0.15, -0.1) is 0 Å². The maximum absolute atomic E-state index is 13.8. The third-order valence-corrected chi connectivity index (χ3v) is 7.54. The molecule has 1 atom stereocenters. The molecule has 8 nitrogen and oxygen atoms in total. The molecule has 2 fully saturated rings. The summed E-state index contributed by atoms with van der Waals surface area (Å²) in [7, 11) is 0. The number of aromatic nitrogens is 3. The summed E-state index contributed by atoms with van der Waals surface area (Å²) in [6.07, 6.45) is 1.84. The molecule has 1 aromatic carbocycles. The van der Waals surface area contributed by atoms with Gasteiger partial charge in [-0.05, 0) is 38.0 Å². The van der Waals surface area contributed by atoms with Crippen molar-refractivity contribution >= 4 is 32.7 Å². The summed E-state index contributed by atoms with van der Waals surface area (Å²) in [6.45, 7) is 8.40. The Kier molecular flexibility index (Phi) is 6.57. The Hall–Kier alpha value is -2.56. The van der Waals surface area contributed by atoms with Crippen molar-refractivity contribution in [1.82, 2.24) is 25.0 Å². The quantitative estimate of drug-likeness (QED) is 0.595. The molecule has 2 aliphatic heterocycles. The number of fused-ring (bicyclic) bond motifs is 1. The first-order valence-corrected chi connectivity index (χ1v) is 12.3. The van der Waals surface area contributed by atoms with Gasteiger partial charge >= 0.3 is 0 Å². The SMILES string of the molecule is Cc1nn(-c2cccc(F)c2)c2nc(N3CCC[C@H](C(=O)NCCN4CCOCC4)C3)sc12. The zero-order valence-corrected chi connectivity index (χ0v) is 19.6. The summed E-state index contributed by atoms with van der Waals surface area (Å²) in [5.41, 5.74) is 2.25. The summed E-state index contributed by atoms with van der Waals surface area (Å²) in [6, 6.07) is 6.38. The van der Waals surface area contributed by atoms with E-state index in [0.29, 0.717) is 18.8 Å². The Morgan fingerprint density at radius 1 is 1.30 bits per heavy atom. The van der Waals surface area contributed by atoms with Gasteiger partial charge in [-0.1, -0.05) is 17.4 Å². The van der Waals surface area contributed by atoms with Crippen LogP contribution in [0.4, 0.5) is 9.52 Å². The Labute approximate surface area is 196 Å². The van der Waals surface area contributed by atoms with Crippen LogP contribution >= 0.6 is 11.3 Å². The predicted molar refractivity (Wildman–Crippen MR) is 127 cm³/mol. The van der Waals surface area contributed by atoms with Crippen LogP contribution in [0.15, 0.2) is 24.3 Å². The number of anilines is 1. The minimum atomic E-state index is -0.303. The molecule has 0 saturated carbocycles. The molecule has 0 aliphatic carbocycles. The third-order valence-electron chi connectivity index (χ3n) is 6.32. The van der Waals surface area contributed by atoms with Crippen LogP contribution in [0, 0.1) is 18.7 Å². The number of halogens is 1. The number of aryl methyl sites for hydroxylation is 1. The Bertz CT molecular complexity index is 1130. The van der Waals surface area contributed by atoms with Gasteiger partial charge in [0.2, 0.25) is 5.91 Å². The molecule has 3 aromatic rings. The van der Waals surface area contributed by atoms with Crippen LogP contribution in [0.25, 0.3) is 16.0 Å². The lowest BCUT2D eigenvalue weighted by Crippen LogP contribution is -2.46. The molecule has 5 rings (SSSR count). The molecule has 1 N–H and O–H groups in total. The third kappa shape index (κ3) is 4.87. The molecule has 33 heavy (non-hydrogen) atoms. The summed E-state index contributed by atoms with van der Waals surface area (Å²) < 4.78 is 21.8. The van der Waals surface area contributed by atoms with Gasteiger partial charge < -0.3 is 15.0 Å². The average Bonchev–Trinajstić information content (AvgIpc) is 3.40. The topological polar surface area (TPSA) is 75.5 Å². The van der Waals surface area contributed by atoms with Crippen molar-refractivity contribution < 1.29 is 13.9 Å². The molecule has 0 unspecified atom stereocenters. The zero-order valence-electron chi connectivity index (χ0n) is 18.8. The van der Waals surface area contributed by atoms with E-state index in [0.717, 1.165) is 73.4 Å². The van der Waals surface area contributed by atoms with Crippen LogP contribution in [0.3, 0.4) is 0 Å². The van der Waals surface area contributed by atoms with E-state index in [2.05, 4.69) is 20.2 Å². The smallest absolute Gasteiger partial charge is 0.224 e. The lowest BCUT2D eigenvalue weighted by molar-refractivity contribution is -0.125. The monoisotopic (exact) mass is 472 g/mol. The minimum absolute atomic E-state index is 0.0451. The van der Waals surface area contributed by atoms with E-state index in [9.17, 15) is 9.18 Å². The van der Waals surface area contributed by atoms with Crippen molar-refractivity contribution in [1.29, 1.82) is 0 Å². The van der Waals surface area contributed by atoms with E-state index in [1.54, 1.807) is 22.1 Å². The zero-order chi connectivity index (χ0) is 22.8. The molecule has 10 heteroatoms. The van der Waals surface area contributed by atoms with Gasteiger partial charge in [-0.3, -0.25) is 9.69 Å². The lowest BCUT2D eigenvalue weighted by atomic mass is 9.97. The standard InChI is InChI=1S/C23H29FN6O2S/c1-16-20-21(30(27-16)19-6-2-5-18(24)14-19)26-23(33-20)29-8-3-4-17(15-29)22(31)25-7-9-28-10-12-32-13-11-28/h2,5-6,14,17H,3-4,7-13,15H2,1H3,(H,25,31)/t17-/m0/s1. The maximum atomic E-state index is 13.8. The van der Waals surface area contributed by atoms with E-state index in [-0.39, 0.29) is 17.6 Å². The Morgan fingerprint density at radius 2 is 2.15 bits per heavy atom. The van der Waals surface area contributed by atoms with Crippen molar-refractivity contribution in [2.75, 3.05) is 57.4 Å². The number of hydrogen-bond donors (Lipinski definition) is 1. The summed E-state index contributed by atoms with van der Waals surface area (Å²) in [5, 5.41) is 8.58. The van der Waals surface area contributed by atoms with E-state index in [1.807, 2.05) is 13.0 Å². The number of thiazole rings is 1. The van der Waals surface area contributed by atoms with Gasteiger partial charge in [-0.25, -0.2) is 9.07 Å². The van der Waals surface area contributed by atoms with Crippen molar-refractivity contribution in [3.63, 3.8) is 0 Å². The van der Waals surface area contributed by atoms with Gasteiger partial charge in [-0.2, -0.15) is 10.1 Å². The highest BCUT2D eigenvalue weighted by atomic mass is 32.1. The lowest BCUT2D eigenvalue weighted by Gasteiger charge is -2.32. The molecular weight excluding hydrogens is 443 g/mol. The normalized spacial score (nSPS) is 19.8. The first-order valence-electron chi connectivity index (χ1n) is 11.5. The number of amides is 1. The average molecular weight is 473 g/mol. The second kappa shape index (κ2) is 9.74. The molecule has 2 aliphatic rings. The number of carbonyl (C=O) groups is 1. The molecule has 0 spiro atoms. The Morgan fingerprint density at radius 3 is 2.97 bits per heavy atom. The number of piperidine rings is 1. The molecule has 176 valence electrons. The van der Waals surface area contributed by atoms with Crippen molar-refractivity contribution in [3.05, 3.63) is 35.8 Å². The van der Waals surface area contributed by atoms with Crippen LogP contribution < -0.4 is 10.2 Å². The number of carbonyl (C=O) groups excluding carboxylic acids is 1. The fourth-order valence-corrected chi connectivity index (χ4v) is 5.54. The maximum Gasteiger partial charge on any atom is 0.224 e. The summed E-state index contributed by atoms with van der Waals surface area (Å²) in [5.74, 6) is -0.227. The van der Waals surface area contributed by atoms with Gasteiger partial charge in [0.1, 0.15) is 5.82 Å². The number of morpholine rings is 1. The van der Waals surface area contributed by atoms with Crippen LogP contribution in [0.5, 0.6) is 0 Å². The van der Waals surface area contributed by atoms with E-state index < -0.39 is 0 Å². The van der Waals surface area contributed by atoms with Gasteiger partial charge in [0.25, 0.3) is 0 Å². The second-order valence-corrected chi connectivity index (χ2v) is 9.63.